The minimum atomic E-state index is -0.637. The number of nitrogens with two attached hydrogens (primary N) is 2. The smallest absolute Gasteiger partial charge is 0.255 e. The van der Waals surface area contributed by atoms with Gasteiger partial charge in [-0.15, -0.1) is 0 Å². The molecule has 8 heteroatoms. The van der Waals surface area contributed by atoms with Crippen LogP contribution >= 0.6 is 11.5 Å². The summed E-state index contributed by atoms with van der Waals surface area (Å²) in [5, 5.41) is 12.6. The molecular weight excluding hydrogens is 244 g/mol. The normalized spacial score (nSPS) is 12.4. The zero-order chi connectivity index (χ0) is 12.8. The number of hydrogen-bond acceptors (Lipinski definition) is 7. The highest BCUT2D eigenvalue weighted by atomic mass is 32.1. The maximum Gasteiger partial charge on any atom is 0.255 e. The molecule has 0 saturated heterocycles. The van der Waals surface area contributed by atoms with Gasteiger partial charge in [0.05, 0.1) is 12.6 Å². The molecule has 0 bridgehead atoms. The van der Waals surface area contributed by atoms with Crippen LogP contribution in [0.3, 0.4) is 0 Å². The van der Waals surface area contributed by atoms with Crippen molar-refractivity contribution in [3.8, 4) is 0 Å². The van der Waals surface area contributed by atoms with Crippen molar-refractivity contribution in [2.24, 2.45) is 5.73 Å². The molecule has 1 heterocycles. The van der Waals surface area contributed by atoms with Crippen LogP contribution in [0.1, 0.15) is 16.8 Å². The molecule has 0 fully saturated rings. The van der Waals surface area contributed by atoms with Gasteiger partial charge in [0, 0.05) is 13.7 Å². The molecule has 1 rings (SSSR count). The van der Waals surface area contributed by atoms with Crippen LogP contribution in [0.15, 0.2) is 0 Å². The van der Waals surface area contributed by atoms with Gasteiger partial charge in [0.1, 0.15) is 10.6 Å². The van der Waals surface area contributed by atoms with Crippen molar-refractivity contribution in [3.63, 3.8) is 0 Å². The molecule has 1 aromatic rings. The summed E-state index contributed by atoms with van der Waals surface area (Å²) >= 11 is 1.04. The number of nitrogens with one attached hydrogen (secondary N) is 1. The Hall–Kier alpha value is -1.38. The van der Waals surface area contributed by atoms with Gasteiger partial charge in [0.15, 0.2) is 5.82 Å². The summed E-state index contributed by atoms with van der Waals surface area (Å²) < 4.78 is 8.76. The maximum atomic E-state index is 11.2. The third kappa shape index (κ3) is 3.55. The topological polar surface area (TPSA) is 123 Å². The van der Waals surface area contributed by atoms with Crippen molar-refractivity contribution in [1.29, 1.82) is 0 Å². The lowest BCUT2D eigenvalue weighted by Crippen LogP contribution is -2.26. The van der Waals surface area contributed by atoms with Crippen LogP contribution in [0.25, 0.3) is 0 Å². The van der Waals surface area contributed by atoms with Gasteiger partial charge in [-0.25, -0.2) is 0 Å². The van der Waals surface area contributed by atoms with Crippen LogP contribution in [0.5, 0.6) is 0 Å². The van der Waals surface area contributed by atoms with E-state index in [1.54, 1.807) is 7.11 Å². The third-order valence-corrected chi connectivity index (χ3v) is 2.98. The van der Waals surface area contributed by atoms with Gasteiger partial charge in [0.2, 0.25) is 0 Å². The number of aliphatic hydroxyl groups excluding tert-OH is 1. The van der Waals surface area contributed by atoms with E-state index < -0.39 is 5.91 Å². The van der Waals surface area contributed by atoms with Crippen LogP contribution in [-0.4, -0.2) is 41.8 Å². The molecule has 1 aromatic heterocycles. The molecule has 0 aromatic carbocycles. The zero-order valence-corrected chi connectivity index (χ0v) is 10.3. The van der Waals surface area contributed by atoms with Crippen molar-refractivity contribution >= 4 is 28.3 Å². The molecular formula is C9H16N4O3S. The van der Waals surface area contributed by atoms with Gasteiger partial charge in [-0.3, -0.25) is 4.79 Å². The quantitative estimate of drug-likeness (QED) is 0.530. The van der Waals surface area contributed by atoms with E-state index in [0.717, 1.165) is 11.5 Å². The van der Waals surface area contributed by atoms with E-state index >= 15 is 0 Å². The number of carbonyl (C=O) groups is 1. The first kappa shape index (κ1) is 13.7. The standard InChI is InChI=1S/C9H16N4O3S/c1-16-3-2-5(4-14)12-9-6(8(11)15)7(10)13-17-9/h5,12,14H,2-4H2,1H3,(H2,10,13)(H2,11,15). The lowest BCUT2D eigenvalue weighted by Gasteiger charge is -2.16. The van der Waals surface area contributed by atoms with Crippen molar-refractivity contribution < 1.29 is 14.6 Å². The Morgan fingerprint density at radius 3 is 2.94 bits per heavy atom. The summed E-state index contributed by atoms with van der Waals surface area (Å²) in [6.45, 7) is 0.414. The molecule has 1 atom stereocenters. The predicted molar refractivity (Wildman–Crippen MR) is 66.0 cm³/mol. The molecule has 0 radical (unpaired) electrons. The van der Waals surface area contributed by atoms with Gasteiger partial charge in [-0.1, -0.05) is 0 Å². The SMILES string of the molecule is COCCC(CO)Nc1snc(N)c1C(N)=O. The van der Waals surface area contributed by atoms with Gasteiger partial charge in [0.25, 0.3) is 5.91 Å². The van der Waals surface area contributed by atoms with Crippen molar-refractivity contribution in [2.45, 2.75) is 12.5 Å². The molecule has 0 aliphatic carbocycles. The van der Waals surface area contributed by atoms with Gasteiger partial charge < -0.3 is 26.6 Å². The fourth-order valence-electron chi connectivity index (χ4n) is 1.29. The Bertz CT molecular complexity index is 382. The summed E-state index contributed by atoms with van der Waals surface area (Å²) in [5.41, 5.74) is 10.9. The lowest BCUT2D eigenvalue weighted by atomic mass is 10.2. The molecule has 96 valence electrons. The van der Waals surface area contributed by atoms with E-state index in [9.17, 15) is 4.79 Å². The Morgan fingerprint density at radius 2 is 2.41 bits per heavy atom. The van der Waals surface area contributed by atoms with Crippen LogP contribution < -0.4 is 16.8 Å². The highest BCUT2D eigenvalue weighted by Gasteiger charge is 2.19. The molecule has 0 saturated carbocycles. The number of ether oxygens (including phenoxy) is 1. The zero-order valence-electron chi connectivity index (χ0n) is 9.47. The Morgan fingerprint density at radius 1 is 1.71 bits per heavy atom. The first-order valence-electron chi connectivity index (χ1n) is 5.01. The summed E-state index contributed by atoms with van der Waals surface area (Å²) in [5.74, 6) is -0.532. The molecule has 7 nitrogen and oxygen atoms in total. The predicted octanol–water partition coefficient (Wildman–Crippen LogP) is -0.366. The van der Waals surface area contributed by atoms with E-state index in [-0.39, 0.29) is 24.0 Å². The van der Waals surface area contributed by atoms with Crippen molar-refractivity contribution in [3.05, 3.63) is 5.56 Å². The maximum absolute atomic E-state index is 11.2. The number of aromatic nitrogens is 1. The van der Waals surface area contributed by atoms with Crippen LogP contribution in [0.2, 0.25) is 0 Å². The largest absolute Gasteiger partial charge is 0.394 e. The Kier molecular flexibility index (Phi) is 5.13. The second kappa shape index (κ2) is 6.38. The van der Waals surface area contributed by atoms with Gasteiger partial charge >= 0.3 is 0 Å². The number of hydrogen-bond donors (Lipinski definition) is 4. The molecule has 6 N–H and O–H groups in total. The number of nitrogens with zero attached hydrogens (tertiary/aromatic N) is 1. The fraction of sp³-hybridized carbons (Fsp3) is 0.556. The van der Waals surface area contributed by atoms with Gasteiger partial charge in [-0.2, -0.15) is 4.37 Å². The first-order chi connectivity index (χ1) is 8.10. The number of nitrogen functional groups attached to an aromatic ring is 1. The van der Waals surface area contributed by atoms with Gasteiger partial charge in [-0.05, 0) is 18.0 Å². The summed E-state index contributed by atoms with van der Waals surface area (Å²) in [6.07, 6.45) is 0.600. The number of methoxy groups -OCH3 is 1. The Labute approximate surface area is 103 Å². The number of carbonyl (C=O) groups excluding carboxylic acids is 1. The number of aliphatic hydroxyl groups is 1. The Balaban J connectivity index is 2.75. The number of rotatable bonds is 7. The third-order valence-electron chi connectivity index (χ3n) is 2.19. The lowest BCUT2D eigenvalue weighted by molar-refractivity contribution is 0.100. The van der Waals surface area contributed by atoms with E-state index in [0.29, 0.717) is 18.0 Å². The molecule has 0 aliphatic rings. The fourth-order valence-corrected chi connectivity index (χ4v) is 2.09. The number of amides is 1. The highest BCUT2D eigenvalue weighted by molar-refractivity contribution is 7.11. The minimum absolute atomic E-state index is 0.0840. The molecule has 1 unspecified atom stereocenters. The number of anilines is 2. The molecule has 0 spiro atoms. The minimum Gasteiger partial charge on any atom is -0.394 e. The number of primary amides is 1. The highest BCUT2D eigenvalue weighted by Crippen LogP contribution is 2.27. The monoisotopic (exact) mass is 260 g/mol. The van der Waals surface area contributed by atoms with Crippen LogP contribution in [-0.2, 0) is 4.74 Å². The molecule has 1 amide bonds. The van der Waals surface area contributed by atoms with Crippen molar-refractivity contribution in [2.75, 3.05) is 31.4 Å². The second-order valence-corrected chi connectivity index (χ2v) is 4.21. The van der Waals surface area contributed by atoms with Crippen molar-refractivity contribution in [1.82, 2.24) is 4.37 Å². The van der Waals surface area contributed by atoms with E-state index in [4.69, 9.17) is 21.3 Å². The summed E-state index contributed by atoms with van der Waals surface area (Å²) in [4.78, 5) is 11.2. The van der Waals surface area contributed by atoms with E-state index in [1.165, 1.54) is 0 Å². The molecule has 0 aliphatic heterocycles. The van der Waals surface area contributed by atoms with E-state index in [2.05, 4.69) is 9.69 Å². The van der Waals surface area contributed by atoms with Crippen LogP contribution in [0.4, 0.5) is 10.8 Å². The van der Waals surface area contributed by atoms with Crippen LogP contribution in [0, 0.1) is 0 Å². The average Bonchev–Trinajstić information content (AvgIpc) is 2.65. The first-order valence-corrected chi connectivity index (χ1v) is 5.78. The summed E-state index contributed by atoms with van der Waals surface area (Å²) in [6, 6.07) is -0.229. The summed E-state index contributed by atoms with van der Waals surface area (Å²) in [7, 11) is 1.58. The second-order valence-electron chi connectivity index (χ2n) is 3.44. The van der Waals surface area contributed by atoms with E-state index in [1.807, 2.05) is 0 Å². The average molecular weight is 260 g/mol. The molecule has 17 heavy (non-hydrogen) atoms.